The number of thiocarbonyl (C=S) groups is 1. The molecule has 1 aromatic heterocycles. The molecule has 0 radical (unpaired) electrons. The van der Waals surface area contributed by atoms with E-state index in [0.717, 1.165) is 22.9 Å². The molecule has 0 fully saturated rings. The van der Waals surface area contributed by atoms with E-state index >= 15 is 0 Å². The first-order chi connectivity index (χ1) is 9.06. The van der Waals surface area contributed by atoms with Crippen LogP contribution in [0.25, 0.3) is 0 Å². The van der Waals surface area contributed by atoms with Crippen molar-refractivity contribution in [3.05, 3.63) is 58.7 Å². The quantitative estimate of drug-likeness (QED) is 0.880. The van der Waals surface area contributed by atoms with Crippen molar-refractivity contribution in [2.75, 3.05) is 11.9 Å². The first-order valence-electron chi connectivity index (χ1n) is 5.77. The Labute approximate surface area is 123 Å². The van der Waals surface area contributed by atoms with Crippen LogP contribution in [0.2, 0.25) is 5.02 Å². The van der Waals surface area contributed by atoms with Crippen LogP contribution in [0, 0.1) is 0 Å². The number of nitrogens with two attached hydrogens (primary N) is 1. The molecule has 0 aliphatic heterocycles. The number of hydrogen-bond acceptors (Lipinski definition) is 3. The molecule has 0 amide bonds. The Morgan fingerprint density at radius 1 is 1.26 bits per heavy atom. The summed E-state index contributed by atoms with van der Waals surface area (Å²) in [6, 6.07) is 11.6. The third-order valence-corrected chi connectivity index (χ3v) is 3.24. The number of aromatic nitrogens is 1. The maximum absolute atomic E-state index is 5.86. The number of pyridine rings is 1. The molecule has 3 nitrogen and oxygen atoms in total. The highest BCUT2D eigenvalue weighted by Crippen LogP contribution is 2.15. The van der Waals surface area contributed by atoms with Gasteiger partial charge in [-0.25, -0.2) is 4.98 Å². The van der Waals surface area contributed by atoms with Gasteiger partial charge in [0.05, 0.1) is 0 Å². The standard InChI is InChI=1S/C14H14ClN3S/c1-18(9-10-2-5-12(15)6-3-10)13-7-4-11(8-17-13)14(16)19/h2-8H,9H2,1H3,(H2,16,19). The van der Waals surface area contributed by atoms with E-state index in [-0.39, 0.29) is 0 Å². The van der Waals surface area contributed by atoms with Crippen molar-refractivity contribution < 1.29 is 0 Å². The molecule has 0 saturated carbocycles. The molecule has 0 bridgehead atoms. The minimum Gasteiger partial charge on any atom is -0.389 e. The van der Waals surface area contributed by atoms with Gasteiger partial charge in [0.2, 0.25) is 0 Å². The number of benzene rings is 1. The lowest BCUT2D eigenvalue weighted by atomic mass is 10.2. The topological polar surface area (TPSA) is 42.1 Å². The molecule has 2 N–H and O–H groups in total. The predicted molar refractivity (Wildman–Crippen MR) is 83.7 cm³/mol. The molecule has 5 heteroatoms. The third kappa shape index (κ3) is 3.66. The monoisotopic (exact) mass is 291 g/mol. The summed E-state index contributed by atoms with van der Waals surface area (Å²) >= 11 is 10.8. The van der Waals surface area contributed by atoms with Crippen molar-refractivity contribution in [3.63, 3.8) is 0 Å². The number of nitrogens with zero attached hydrogens (tertiary/aromatic N) is 2. The third-order valence-electron chi connectivity index (χ3n) is 2.76. The number of anilines is 1. The van der Waals surface area contributed by atoms with Crippen molar-refractivity contribution in [2.24, 2.45) is 5.73 Å². The molecule has 1 heterocycles. The summed E-state index contributed by atoms with van der Waals surface area (Å²) in [4.78, 5) is 6.75. The van der Waals surface area contributed by atoms with E-state index in [1.54, 1.807) is 6.20 Å². The van der Waals surface area contributed by atoms with Gasteiger partial charge >= 0.3 is 0 Å². The van der Waals surface area contributed by atoms with Crippen molar-refractivity contribution in [3.8, 4) is 0 Å². The molecule has 1 aromatic carbocycles. The molecule has 2 aromatic rings. The normalized spacial score (nSPS) is 10.2. The fraction of sp³-hybridized carbons (Fsp3) is 0.143. The van der Waals surface area contributed by atoms with E-state index in [1.165, 1.54) is 5.56 Å². The lowest BCUT2D eigenvalue weighted by Crippen LogP contribution is -2.18. The van der Waals surface area contributed by atoms with Crippen LogP contribution in [0.5, 0.6) is 0 Å². The van der Waals surface area contributed by atoms with Crippen molar-refractivity contribution in [1.82, 2.24) is 4.98 Å². The summed E-state index contributed by atoms with van der Waals surface area (Å²) in [5, 5.41) is 0.741. The van der Waals surface area contributed by atoms with Crippen LogP contribution < -0.4 is 10.6 Å². The van der Waals surface area contributed by atoms with Gasteiger partial charge in [0.15, 0.2) is 0 Å². The summed E-state index contributed by atoms with van der Waals surface area (Å²) in [7, 11) is 1.98. The Hall–Kier alpha value is -1.65. The van der Waals surface area contributed by atoms with Crippen molar-refractivity contribution in [1.29, 1.82) is 0 Å². The molecule has 98 valence electrons. The molecular weight excluding hydrogens is 278 g/mol. The highest BCUT2D eigenvalue weighted by molar-refractivity contribution is 7.80. The number of rotatable bonds is 4. The van der Waals surface area contributed by atoms with E-state index in [1.807, 2.05) is 48.3 Å². The molecular formula is C14H14ClN3S. The zero-order valence-corrected chi connectivity index (χ0v) is 12.1. The molecule has 0 atom stereocenters. The zero-order chi connectivity index (χ0) is 13.8. The summed E-state index contributed by atoms with van der Waals surface area (Å²) in [5.74, 6) is 0.870. The van der Waals surface area contributed by atoms with Crippen LogP contribution in [0.4, 0.5) is 5.82 Å². The Morgan fingerprint density at radius 3 is 2.47 bits per heavy atom. The molecule has 0 unspecified atom stereocenters. The lowest BCUT2D eigenvalue weighted by molar-refractivity contribution is 0.898. The van der Waals surface area contributed by atoms with Gasteiger partial charge in [-0.1, -0.05) is 36.0 Å². The Balaban J connectivity index is 2.09. The van der Waals surface area contributed by atoms with Gasteiger partial charge < -0.3 is 10.6 Å². The summed E-state index contributed by atoms with van der Waals surface area (Å²) in [6.45, 7) is 0.761. The highest BCUT2D eigenvalue weighted by Gasteiger charge is 2.04. The van der Waals surface area contributed by atoms with Gasteiger partial charge in [0, 0.05) is 30.4 Å². The molecule has 0 aliphatic carbocycles. The second kappa shape index (κ2) is 5.99. The Kier molecular flexibility index (Phi) is 4.35. The molecule has 0 aliphatic rings. The minimum atomic E-state index is 0.361. The minimum absolute atomic E-state index is 0.361. The number of halogens is 1. The van der Waals surface area contributed by atoms with Gasteiger partial charge in [-0.3, -0.25) is 0 Å². The van der Waals surface area contributed by atoms with Crippen LogP contribution >= 0.6 is 23.8 Å². The van der Waals surface area contributed by atoms with Gasteiger partial charge in [-0.2, -0.15) is 0 Å². The Morgan fingerprint density at radius 2 is 1.95 bits per heavy atom. The fourth-order valence-electron chi connectivity index (χ4n) is 1.70. The maximum Gasteiger partial charge on any atom is 0.128 e. The second-order valence-electron chi connectivity index (χ2n) is 4.25. The average Bonchev–Trinajstić information content (AvgIpc) is 2.41. The van der Waals surface area contributed by atoms with E-state index < -0.39 is 0 Å². The number of hydrogen-bond donors (Lipinski definition) is 1. The molecule has 0 spiro atoms. The van der Waals surface area contributed by atoms with E-state index in [0.29, 0.717) is 4.99 Å². The second-order valence-corrected chi connectivity index (χ2v) is 5.13. The van der Waals surface area contributed by atoms with E-state index in [2.05, 4.69) is 4.98 Å². The SMILES string of the molecule is CN(Cc1ccc(Cl)cc1)c1ccc(C(N)=S)cn1. The first kappa shape index (κ1) is 13.8. The van der Waals surface area contributed by atoms with E-state index in [4.69, 9.17) is 29.6 Å². The van der Waals surface area contributed by atoms with Crippen LogP contribution in [-0.2, 0) is 6.54 Å². The highest BCUT2D eigenvalue weighted by atomic mass is 35.5. The summed E-state index contributed by atoms with van der Waals surface area (Å²) in [6.07, 6.45) is 1.69. The fourth-order valence-corrected chi connectivity index (χ4v) is 1.95. The maximum atomic E-state index is 5.86. The smallest absolute Gasteiger partial charge is 0.128 e. The van der Waals surface area contributed by atoms with Crippen molar-refractivity contribution >= 4 is 34.6 Å². The molecule has 0 saturated heterocycles. The Bertz CT molecular complexity index is 566. The van der Waals surface area contributed by atoms with Gasteiger partial charge in [-0.05, 0) is 29.8 Å². The van der Waals surface area contributed by atoms with Crippen LogP contribution in [0.15, 0.2) is 42.6 Å². The average molecular weight is 292 g/mol. The van der Waals surface area contributed by atoms with Crippen LogP contribution in [0.1, 0.15) is 11.1 Å². The lowest BCUT2D eigenvalue weighted by Gasteiger charge is -2.18. The van der Waals surface area contributed by atoms with E-state index in [9.17, 15) is 0 Å². The predicted octanol–water partition coefficient (Wildman–Crippen LogP) is 3.01. The van der Waals surface area contributed by atoms with Gasteiger partial charge in [0.25, 0.3) is 0 Å². The molecule has 2 rings (SSSR count). The van der Waals surface area contributed by atoms with Gasteiger partial charge in [0.1, 0.15) is 10.8 Å². The summed E-state index contributed by atoms with van der Waals surface area (Å²) in [5.41, 5.74) is 7.49. The first-order valence-corrected chi connectivity index (χ1v) is 6.56. The van der Waals surface area contributed by atoms with Gasteiger partial charge in [-0.15, -0.1) is 0 Å². The van der Waals surface area contributed by atoms with Crippen molar-refractivity contribution in [2.45, 2.75) is 6.54 Å². The largest absolute Gasteiger partial charge is 0.389 e. The van der Waals surface area contributed by atoms with Crippen LogP contribution in [0.3, 0.4) is 0 Å². The van der Waals surface area contributed by atoms with Crippen LogP contribution in [-0.4, -0.2) is 17.0 Å². The molecule has 19 heavy (non-hydrogen) atoms. The zero-order valence-electron chi connectivity index (χ0n) is 10.5. The summed E-state index contributed by atoms with van der Waals surface area (Å²) < 4.78 is 0.